The summed E-state index contributed by atoms with van der Waals surface area (Å²) < 4.78 is 36.8. The van der Waals surface area contributed by atoms with E-state index in [1.54, 1.807) is 65.2 Å². The summed E-state index contributed by atoms with van der Waals surface area (Å²) in [7, 11) is 1.75. The molecule has 4 aromatic rings. The number of hydrogen-bond donors (Lipinski definition) is 1. The van der Waals surface area contributed by atoms with Crippen LogP contribution in [0, 0.1) is 11.7 Å². The standard InChI is InChI=1S/C31H33FN4O5/c1-19(37)25-16-36-9-8-23(40-17-20-6-7-20)13-27(36)29(25)31(38)34-26-12-21(18-41-28-5-3-4-10-39-28)11-24(30(26)32)22-14-33-35(2)15-22/h8-9,11-16,20,28H,3-7,10,17-18H2,1-2H3,(H,34,38). The van der Waals surface area contributed by atoms with Gasteiger partial charge in [0.2, 0.25) is 0 Å². The highest BCUT2D eigenvalue weighted by atomic mass is 19.1. The number of nitrogens with zero attached hydrogens (tertiary/aromatic N) is 3. The van der Waals surface area contributed by atoms with Crippen molar-refractivity contribution in [3.05, 3.63) is 71.6 Å². The van der Waals surface area contributed by atoms with Crippen LogP contribution < -0.4 is 10.1 Å². The molecule has 1 saturated carbocycles. The van der Waals surface area contributed by atoms with Crippen LogP contribution in [-0.4, -0.2) is 45.4 Å². The lowest BCUT2D eigenvalue weighted by Gasteiger charge is -2.23. The van der Waals surface area contributed by atoms with Gasteiger partial charge < -0.3 is 23.9 Å². The lowest BCUT2D eigenvalue weighted by Crippen LogP contribution is -2.22. The second-order valence-electron chi connectivity index (χ2n) is 10.9. The second kappa shape index (κ2) is 11.5. The predicted molar refractivity (Wildman–Crippen MR) is 151 cm³/mol. The van der Waals surface area contributed by atoms with Gasteiger partial charge >= 0.3 is 0 Å². The molecule has 3 aromatic heterocycles. The van der Waals surface area contributed by atoms with Crippen LogP contribution in [-0.2, 0) is 23.1 Å². The van der Waals surface area contributed by atoms with Crippen molar-refractivity contribution in [2.45, 2.75) is 51.9 Å². The normalized spacial score (nSPS) is 17.1. The summed E-state index contributed by atoms with van der Waals surface area (Å²) in [6.45, 7) is 2.84. The Labute approximate surface area is 237 Å². The molecule has 6 rings (SSSR count). The van der Waals surface area contributed by atoms with Crippen LogP contribution in [0.4, 0.5) is 10.1 Å². The molecule has 1 aromatic carbocycles. The number of halogens is 1. The topological polar surface area (TPSA) is 96.1 Å². The van der Waals surface area contributed by atoms with Crippen molar-refractivity contribution in [2.75, 3.05) is 18.5 Å². The Balaban J connectivity index is 1.34. The molecule has 1 aliphatic heterocycles. The van der Waals surface area contributed by atoms with Gasteiger partial charge in [0.25, 0.3) is 5.91 Å². The van der Waals surface area contributed by atoms with Gasteiger partial charge in [-0.25, -0.2) is 4.39 Å². The maximum atomic E-state index is 16.0. The smallest absolute Gasteiger partial charge is 0.258 e. The highest BCUT2D eigenvalue weighted by Gasteiger charge is 2.25. The van der Waals surface area contributed by atoms with E-state index < -0.39 is 11.7 Å². The molecule has 1 N–H and O–H groups in total. The van der Waals surface area contributed by atoms with Crippen LogP contribution >= 0.6 is 0 Å². The quantitative estimate of drug-likeness (QED) is 0.248. The maximum Gasteiger partial charge on any atom is 0.258 e. The third kappa shape index (κ3) is 6.03. The number of nitrogens with one attached hydrogen (secondary N) is 1. The molecule has 0 spiro atoms. The number of anilines is 1. The number of benzene rings is 1. The summed E-state index contributed by atoms with van der Waals surface area (Å²) in [5, 5.41) is 6.92. The largest absolute Gasteiger partial charge is 0.493 e. The number of carbonyl (C=O) groups excluding carboxylic acids is 2. The van der Waals surface area contributed by atoms with Gasteiger partial charge in [-0.1, -0.05) is 0 Å². The molecule has 1 saturated heterocycles. The Hall–Kier alpha value is -4.02. The van der Waals surface area contributed by atoms with Gasteiger partial charge in [0.15, 0.2) is 17.9 Å². The number of Topliss-reactive ketones (excluding diaryl/α,β-unsaturated/α-hetero) is 1. The minimum atomic E-state index is -0.606. The summed E-state index contributed by atoms with van der Waals surface area (Å²) in [5.41, 5.74) is 2.39. The van der Waals surface area contributed by atoms with E-state index in [0.717, 1.165) is 32.1 Å². The number of ether oxygens (including phenoxy) is 3. The Bertz CT molecular complexity index is 1600. The fourth-order valence-electron chi connectivity index (χ4n) is 5.09. The first-order chi connectivity index (χ1) is 19.9. The van der Waals surface area contributed by atoms with Crippen LogP contribution in [0.15, 0.2) is 49.1 Å². The van der Waals surface area contributed by atoms with Gasteiger partial charge in [-0.3, -0.25) is 14.3 Å². The zero-order valence-corrected chi connectivity index (χ0v) is 23.2. The summed E-state index contributed by atoms with van der Waals surface area (Å²) in [4.78, 5) is 26.3. The third-order valence-corrected chi connectivity index (χ3v) is 7.51. The van der Waals surface area contributed by atoms with E-state index in [9.17, 15) is 9.59 Å². The Morgan fingerprint density at radius 2 is 2.02 bits per heavy atom. The highest BCUT2D eigenvalue weighted by molar-refractivity contribution is 6.16. The van der Waals surface area contributed by atoms with Crippen LogP contribution in [0.25, 0.3) is 16.6 Å². The number of pyridine rings is 1. The average Bonchev–Trinajstić information content (AvgIpc) is 3.57. The molecule has 1 aliphatic carbocycles. The molecule has 0 radical (unpaired) electrons. The van der Waals surface area contributed by atoms with E-state index in [4.69, 9.17) is 14.2 Å². The molecule has 9 nitrogen and oxygen atoms in total. The molecule has 2 fully saturated rings. The van der Waals surface area contributed by atoms with Gasteiger partial charge in [-0.2, -0.15) is 5.10 Å². The Kier molecular flexibility index (Phi) is 7.59. The van der Waals surface area contributed by atoms with E-state index in [-0.39, 0.29) is 41.1 Å². The lowest BCUT2D eigenvalue weighted by atomic mass is 10.0. The van der Waals surface area contributed by atoms with Crippen molar-refractivity contribution in [3.63, 3.8) is 0 Å². The van der Waals surface area contributed by atoms with Crippen molar-refractivity contribution in [1.82, 2.24) is 14.2 Å². The Morgan fingerprint density at radius 3 is 2.73 bits per heavy atom. The van der Waals surface area contributed by atoms with Crippen molar-refractivity contribution < 1.29 is 28.2 Å². The minimum Gasteiger partial charge on any atom is -0.493 e. The van der Waals surface area contributed by atoms with Crippen LogP contribution in [0.3, 0.4) is 0 Å². The van der Waals surface area contributed by atoms with Crippen molar-refractivity contribution in [3.8, 4) is 16.9 Å². The third-order valence-electron chi connectivity index (χ3n) is 7.51. The van der Waals surface area contributed by atoms with E-state index in [0.29, 0.717) is 41.5 Å². The number of fused-ring (bicyclic) bond motifs is 1. The number of aromatic nitrogens is 3. The highest BCUT2D eigenvalue weighted by Crippen LogP contribution is 2.33. The van der Waals surface area contributed by atoms with Gasteiger partial charge in [0, 0.05) is 55.0 Å². The molecular formula is C31H33FN4O5. The molecule has 1 amide bonds. The first-order valence-corrected chi connectivity index (χ1v) is 14.0. The number of amides is 1. The molecule has 214 valence electrons. The Morgan fingerprint density at radius 1 is 1.17 bits per heavy atom. The lowest BCUT2D eigenvalue weighted by molar-refractivity contribution is -0.168. The molecule has 1 unspecified atom stereocenters. The van der Waals surface area contributed by atoms with Gasteiger partial charge in [0.1, 0.15) is 5.75 Å². The summed E-state index contributed by atoms with van der Waals surface area (Å²) in [6, 6.07) is 6.81. The molecule has 4 heterocycles. The van der Waals surface area contributed by atoms with Crippen molar-refractivity contribution >= 4 is 22.9 Å². The zero-order chi connectivity index (χ0) is 28.5. The van der Waals surface area contributed by atoms with E-state index in [1.165, 1.54) is 6.92 Å². The average molecular weight is 561 g/mol. The van der Waals surface area contributed by atoms with E-state index >= 15 is 4.39 Å². The van der Waals surface area contributed by atoms with Crippen LogP contribution in [0.2, 0.25) is 0 Å². The van der Waals surface area contributed by atoms with Gasteiger partial charge in [0.05, 0.1) is 36.2 Å². The first kappa shape index (κ1) is 27.2. The zero-order valence-electron chi connectivity index (χ0n) is 23.2. The number of carbonyl (C=O) groups is 2. The van der Waals surface area contributed by atoms with Crippen LogP contribution in [0.1, 0.15) is 65.3 Å². The van der Waals surface area contributed by atoms with E-state index in [1.807, 2.05) is 0 Å². The predicted octanol–water partition coefficient (Wildman–Crippen LogP) is 5.77. The molecular weight excluding hydrogens is 527 g/mol. The minimum absolute atomic E-state index is 0.0190. The van der Waals surface area contributed by atoms with Crippen molar-refractivity contribution in [1.29, 1.82) is 0 Å². The van der Waals surface area contributed by atoms with Crippen LogP contribution in [0.5, 0.6) is 5.75 Å². The summed E-state index contributed by atoms with van der Waals surface area (Å²) in [6.07, 6.45) is 11.4. The fourth-order valence-corrected chi connectivity index (χ4v) is 5.09. The molecule has 1 atom stereocenters. The number of ketones is 1. The maximum absolute atomic E-state index is 16.0. The molecule has 10 heteroatoms. The number of hydrogen-bond acceptors (Lipinski definition) is 6. The van der Waals surface area contributed by atoms with Gasteiger partial charge in [-0.05, 0) is 68.7 Å². The van der Waals surface area contributed by atoms with Gasteiger partial charge in [-0.15, -0.1) is 0 Å². The molecule has 41 heavy (non-hydrogen) atoms. The monoisotopic (exact) mass is 560 g/mol. The molecule has 0 bridgehead atoms. The second-order valence-corrected chi connectivity index (χ2v) is 10.9. The summed E-state index contributed by atoms with van der Waals surface area (Å²) >= 11 is 0. The van der Waals surface area contributed by atoms with Crippen molar-refractivity contribution in [2.24, 2.45) is 13.0 Å². The fraction of sp³-hybridized carbons (Fsp3) is 0.387. The summed E-state index contributed by atoms with van der Waals surface area (Å²) in [5.74, 6) is -0.301. The number of aryl methyl sites for hydroxylation is 1. The molecule has 2 aliphatic rings. The first-order valence-electron chi connectivity index (χ1n) is 14.0. The number of rotatable bonds is 10. The van der Waals surface area contributed by atoms with E-state index in [2.05, 4.69) is 10.4 Å². The SMILES string of the molecule is CC(=O)c1cn2ccc(OCC3CC3)cc2c1C(=O)Nc1cc(COC2CCCCO2)cc(-c2cnn(C)c2)c1F.